The second-order valence-corrected chi connectivity index (χ2v) is 4.41. The van der Waals surface area contributed by atoms with Crippen molar-refractivity contribution in [1.29, 1.82) is 5.26 Å². The fraction of sp³-hybridized carbons (Fsp3) is 0.0667. The number of nitrogen functional groups attached to an aromatic ring is 1. The summed E-state index contributed by atoms with van der Waals surface area (Å²) in [5.74, 6) is 0. The third-order valence-electron chi connectivity index (χ3n) is 2.91. The van der Waals surface area contributed by atoms with E-state index in [9.17, 15) is 0 Å². The van der Waals surface area contributed by atoms with Gasteiger partial charge in [0, 0.05) is 18.3 Å². The first-order valence-corrected chi connectivity index (χ1v) is 6.13. The average Bonchev–Trinajstić information content (AvgIpc) is 2.87. The van der Waals surface area contributed by atoms with E-state index in [1.807, 2.05) is 24.3 Å². The number of benzene rings is 2. The van der Waals surface area contributed by atoms with E-state index in [4.69, 9.17) is 15.4 Å². The molecule has 3 aromatic rings. The third kappa shape index (κ3) is 2.40. The minimum absolute atomic E-state index is 0.438. The van der Waals surface area contributed by atoms with Crippen LogP contribution >= 0.6 is 0 Å². The van der Waals surface area contributed by atoms with Gasteiger partial charge in [-0.3, -0.25) is 0 Å². The van der Waals surface area contributed by atoms with E-state index in [2.05, 4.69) is 16.4 Å². The Morgan fingerprint density at radius 1 is 1.25 bits per heavy atom. The Balaban J connectivity index is 1.78. The molecular weight excluding hydrogens is 252 g/mol. The molecule has 20 heavy (non-hydrogen) atoms. The molecule has 0 spiro atoms. The van der Waals surface area contributed by atoms with Gasteiger partial charge < -0.3 is 15.5 Å². The van der Waals surface area contributed by atoms with E-state index in [-0.39, 0.29) is 0 Å². The fourth-order valence-corrected chi connectivity index (χ4v) is 1.95. The molecule has 0 saturated heterocycles. The predicted octanol–water partition coefficient (Wildman–Crippen LogP) is 2.89. The van der Waals surface area contributed by atoms with Crippen LogP contribution in [-0.2, 0) is 6.54 Å². The summed E-state index contributed by atoms with van der Waals surface area (Å²) in [4.78, 5) is 4.31. The number of anilines is 2. The molecule has 0 aliphatic heterocycles. The molecule has 3 rings (SSSR count). The molecule has 3 N–H and O–H groups in total. The van der Waals surface area contributed by atoms with E-state index in [0.29, 0.717) is 29.4 Å². The van der Waals surface area contributed by atoms with Crippen LogP contribution in [0.25, 0.3) is 11.1 Å². The minimum Gasteiger partial charge on any atom is -0.423 e. The molecule has 5 nitrogen and oxygen atoms in total. The maximum atomic E-state index is 8.86. The molecule has 0 radical (unpaired) electrons. The van der Waals surface area contributed by atoms with Crippen molar-refractivity contribution in [2.45, 2.75) is 6.54 Å². The SMILES string of the molecule is N#Cc1cccc(CNc2nc3ccc(N)cc3o2)c1. The van der Waals surface area contributed by atoms with Crippen molar-refractivity contribution >= 4 is 22.8 Å². The highest BCUT2D eigenvalue weighted by molar-refractivity contribution is 5.78. The number of hydrogen-bond donors (Lipinski definition) is 2. The molecular formula is C15H12N4O. The van der Waals surface area contributed by atoms with Crippen molar-refractivity contribution in [2.75, 3.05) is 11.1 Å². The maximum Gasteiger partial charge on any atom is 0.295 e. The molecule has 0 aliphatic rings. The van der Waals surface area contributed by atoms with Gasteiger partial charge in [-0.2, -0.15) is 10.2 Å². The molecule has 0 saturated carbocycles. The smallest absolute Gasteiger partial charge is 0.295 e. The van der Waals surface area contributed by atoms with Crippen LogP contribution in [0.5, 0.6) is 0 Å². The van der Waals surface area contributed by atoms with Crippen molar-refractivity contribution in [2.24, 2.45) is 0 Å². The predicted molar refractivity (Wildman–Crippen MR) is 76.9 cm³/mol. The van der Waals surface area contributed by atoms with Crippen LogP contribution in [0.3, 0.4) is 0 Å². The first kappa shape index (κ1) is 12.1. The summed E-state index contributed by atoms with van der Waals surface area (Å²) < 4.78 is 5.56. The van der Waals surface area contributed by atoms with Gasteiger partial charge in [0.1, 0.15) is 5.52 Å². The molecule has 98 valence electrons. The molecule has 1 aromatic heterocycles. The summed E-state index contributed by atoms with van der Waals surface area (Å²) in [5.41, 5.74) is 9.37. The van der Waals surface area contributed by atoms with Gasteiger partial charge in [0.25, 0.3) is 6.01 Å². The van der Waals surface area contributed by atoms with Gasteiger partial charge in [-0.15, -0.1) is 0 Å². The first-order valence-electron chi connectivity index (χ1n) is 6.13. The Kier molecular flexibility index (Phi) is 2.98. The van der Waals surface area contributed by atoms with Gasteiger partial charge in [-0.05, 0) is 29.8 Å². The zero-order valence-electron chi connectivity index (χ0n) is 10.6. The van der Waals surface area contributed by atoms with Crippen molar-refractivity contribution < 1.29 is 4.42 Å². The lowest BCUT2D eigenvalue weighted by Crippen LogP contribution is -1.99. The summed E-state index contributed by atoms with van der Waals surface area (Å²) in [7, 11) is 0. The van der Waals surface area contributed by atoms with Gasteiger partial charge in [0.2, 0.25) is 0 Å². The Morgan fingerprint density at radius 3 is 3.00 bits per heavy atom. The van der Waals surface area contributed by atoms with Crippen LogP contribution in [0.4, 0.5) is 11.7 Å². The topological polar surface area (TPSA) is 87.9 Å². The highest BCUT2D eigenvalue weighted by Crippen LogP contribution is 2.21. The number of nitrogens with two attached hydrogens (primary N) is 1. The van der Waals surface area contributed by atoms with Gasteiger partial charge in [-0.25, -0.2) is 0 Å². The summed E-state index contributed by atoms with van der Waals surface area (Å²) in [5, 5.41) is 11.9. The molecule has 0 bridgehead atoms. The lowest BCUT2D eigenvalue weighted by atomic mass is 10.1. The number of fused-ring (bicyclic) bond motifs is 1. The zero-order valence-corrected chi connectivity index (χ0v) is 10.6. The Morgan fingerprint density at radius 2 is 2.15 bits per heavy atom. The fourth-order valence-electron chi connectivity index (χ4n) is 1.95. The van der Waals surface area contributed by atoms with Gasteiger partial charge >= 0.3 is 0 Å². The molecule has 0 amide bonds. The number of rotatable bonds is 3. The van der Waals surface area contributed by atoms with Gasteiger partial charge in [-0.1, -0.05) is 12.1 Å². The molecule has 0 fully saturated rings. The summed E-state index contributed by atoms with van der Waals surface area (Å²) >= 11 is 0. The van der Waals surface area contributed by atoms with Gasteiger partial charge in [0.15, 0.2) is 5.58 Å². The van der Waals surface area contributed by atoms with Crippen LogP contribution in [-0.4, -0.2) is 4.98 Å². The number of oxazole rings is 1. The monoisotopic (exact) mass is 264 g/mol. The van der Waals surface area contributed by atoms with E-state index >= 15 is 0 Å². The Hall–Kier alpha value is -3.00. The van der Waals surface area contributed by atoms with Crippen LogP contribution in [0.1, 0.15) is 11.1 Å². The Labute approximate surface area is 115 Å². The van der Waals surface area contributed by atoms with Crippen LogP contribution < -0.4 is 11.1 Å². The highest BCUT2D eigenvalue weighted by Gasteiger charge is 2.05. The molecule has 0 unspecified atom stereocenters. The van der Waals surface area contributed by atoms with Crippen molar-refractivity contribution in [3.63, 3.8) is 0 Å². The number of nitriles is 1. The summed E-state index contributed by atoms with van der Waals surface area (Å²) in [6, 6.07) is 15.3. The highest BCUT2D eigenvalue weighted by atomic mass is 16.4. The quantitative estimate of drug-likeness (QED) is 0.710. The largest absolute Gasteiger partial charge is 0.423 e. The summed E-state index contributed by atoms with van der Waals surface area (Å²) in [6.07, 6.45) is 0. The molecule has 1 heterocycles. The van der Waals surface area contributed by atoms with E-state index in [0.717, 1.165) is 11.1 Å². The maximum absolute atomic E-state index is 8.86. The first-order chi connectivity index (χ1) is 9.74. The minimum atomic E-state index is 0.438. The van der Waals surface area contributed by atoms with Crippen molar-refractivity contribution in [1.82, 2.24) is 4.98 Å². The van der Waals surface area contributed by atoms with Crippen LogP contribution in [0.2, 0.25) is 0 Å². The number of aromatic nitrogens is 1. The zero-order chi connectivity index (χ0) is 13.9. The molecule has 0 aliphatic carbocycles. The number of nitrogens with zero attached hydrogens (tertiary/aromatic N) is 2. The molecule has 2 aromatic carbocycles. The number of hydrogen-bond acceptors (Lipinski definition) is 5. The van der Waals surface area contributed by atoms with Crippen LogP contribution in [0, 0.1) is 11.3 Å². The second kappa shape index (κ2) is 4.94. The van der Waals surface area contributed by atoms with Gasteiger partial charge in [0.05, 0.1) is 11.6 Å². The Bertz CT molecular complexity index is 801. The standard InChI is InChI=1S/C15H12N4O/c16-8-10-2-1-3-11(6-10)9-18-15-19-13-5-4-12(17)7-14(13)20-15/h1-7H,9,17H2,(H,18,19). The van der Waals surface area contributed by atoms with E-state index in [1.165, 1.54) is 0 Å². The molecule has 0 atom stereocenters. The normalized spacial score (nSPS) is 10.3. The third-order valence-corrected chi connectivity index (χ3v) is 2.91. The second-order valence-electron chi connectivity index (χ2n) is 4.41. The van der Waals surface area contributed by atoms with Crippen LogP contribution in [0.15, 0.2) is 46.9 Å². The lowest BCUT2D eigenvalue weighted by Gasteiger charge is -2.01. The lowest BCUT2D eigenvalue weighted by molar-refractivity contribution is 0.614. The van der Waals surface area contributed by atoms with E-state index < -0.39 is 0 Å². The van der Waals surface area contributed by atoms with Crippen molar-refractivity contribution in [3.8, 4) is 6.07 Å². The molecule has 5 heteroatoms. The average molecular weight is 264 g/mol. The summed E-state index contributed by atoms with van der Waals surface area (Å²) in [6.45, 7) is 0.540. The van der Waals surface area contributed by atoms with Crippen molar-refractivity contribution in [3.05, 3.63) is 53.6 Å². The van der Waals surface area contributed by atoms with E-state index in [1.54, 1.807) is 18.2 Å². The number of nitrogens with one attached hydrogen (secondary N) is 1.